The molecule has 2 aromatic carbocycles. The molecule has 5 heteroatoms. The molecule has 0 aliphatic carbocycles. The number of aryl methyl sites for hydroxylation is 1. The first-order valence-electron chi connectivity index (χ1n) is 8.00. The zero-order valence-electron chi connectivity index (χ0n) is 14.0. The molecule has 0 N–H and O–H groups in total. The van der Waals surface area contributed by atoms with Gasteiger partial charge < -0.3 is 4.55 Å². The Morgan fingerprint density at radius 2 is 1.57 bits per heavy atom. The maximum atomic E-state index is 11.7. The van der Waals surface area contributed by atoms with Crippen molar-refractivity contribution in [3.63, 3.8) is 0 Å². The number of hydrogen-bond acceptors (Lipinski definition) is 3. The second-order valence-electron chi connectivity index (χ2n) is 5.75. The van der Waals surface area contributed by atoms with Gasteiger partial charge in [0.1, 0.15) is 10.1 Å². The monoisotopic (exact) mass is 342 g/mol. The topological polar surface area (TPSA) is 57.2 Å². The average molecular weight is 342 g/mol. The third-order valence-corrected chi connectivity index (χ3v) is 4.99. The van der Waals surface area contributed by atoms with Crippen molar-refractivity contribution < 1.29 is 42.5 Å². The second-order valence-corrected chi connectivity index (χ2v) is 7.06. The molecule has 0 spiro atoms. The predicted molar refractivity (Wildman–Crippen MR) is 89.0 cm³/mol. The Bertz CT molecular complexity index is 726. The standard InChI is InChI=1S/C18H24O3S.Na/c1-2-3-4-5-6-7-11-16-14-13-15-10-8-9-12-17(15)18(16)22(19,20)21;/h8-10,12-14H,2-7,11H2,1H3,(H,19,20,21);/q;+1/p-1. The molecule has 0 unspecified atom stereocenters. The maximum Gasteiger partial charge on any atom is 1.00 e. The Labute approximate surface area is 161 Å². The Hall–Kier alpha value is -0.390. The molecule has 3 nitrogen and oxygen atoms in total. The molecule has 0 saturated carbocycles. The van der Waals surface area contributed by atoms with Gasteiger partial charge in [-0.2, -0.15) is 0 Å². The molecule has 0 radical (unpaired) electrons. The largest absolute Gasteiger partial charge is 1.00 e. The van der Waals surface area contributed by atoms with E-state index in [9.17, 15) is 13.0 Å². The van der Waals surface area contributed by atoms with Crippen LogP contribution in [0.5, 0.6) is 0 Å². The van der Waals surface area contributed by atoms with Gasteiger partial charge in [0.05, 0.1) is 4.90 Å². The van der Waals surface area contributed by atoms with E-state index in [1.54, 1.807) is 18.2 Å². The van der Waals surface area contributed by atoms with Gasteiger partial charge in [-0.15, -0.1) is 0 Å². The molecule has 23 heavy (non-hydrogen) atoms. The van der Waals surface area contributed by atoms with E-state index in [1.807, 2.05) is 18.2 Å². The van der Waals surface area contributed by atoms with Crippen LogP contribution in [0.4, 0.5) is 0 Å². The van der Waals surface area contributed by atoms with Crippen molar-refractivity contribution in [3.05, 3.63) is 42.0 Å². The molecule has 2 aromatic rings. The van der Waals surface area contributed by atoms with Crippen molar-refractivity contribution in [2.75, 3.05) is 0 Å². The van der Waals surface area contributed by atoms with Crippen LogP contribution in [0.2, 0.25) is 0 Å². The zero-order valence-corrected chi connectivity index (χ0v) is 16.9. The Morgan fingerprint density at radius 1 is 0.913 bits per heavy atom. The van der Waals surface area contributed by atoms with Gasteiger partial charge in [-0.25, -0.2) is 8.42 Å². The SMILES string of the molecule is CCCCCCCCc1ccc2ccccc2c1S(=O)(=O)[O-].[Na+]. The molecule has 0 aromatic heterocycles. The minimum absolute atomic E-state index is 0. The summed E-state index contributed by atoms with van der Waals surface area (Å²) < 4.78 is 35.1. The van der Waals surface area contributed by atoms with Crippen LogP contribution in [0.15, 0.2) is 41.3 Å². The van der Waals surface area contributed by atoms with Crippen LogP contribution in [-0.4, -0.2) is 13.0 Å². The first kappa shape index (κ1) is 20.7. The van der Waals surface area contributed by atoms with Crippen LogP contribution in [-0.2, 0) is 16.5 Å². The van der Waals surface area contributed by atoms with E-state index in [0.29, 0.717) is 17.4 Å². The van der Waals surface area contributed by atoms with Crippen LogP contribution in [0.25, 0.3) is 10.8 Å². The van der Waals surface area contributed by atoms with Gasteiger partial charge in [-0.1, -0.05) is 75.4 Å². The number of fused-ring (bicyclic) bond motifs is 1. The first-order valence-corrected chi connectivity index (χ1v) is 9.41. The fraction of sp³-hybridized carbons (Fsp3) is 0.444. The number of hydrogen-bond donors (Lipinski definition) is 0. The summed E-state index contributed by atoms with van der Waals surface area (Å²) in [6.07, 6.45) is 7.49. The van der Waals surface area contributed by atoms with Gasteiger partial charge in [0.25, 0.3) is 0 Å². The number of benzene rings is 2. The predicted octanol–water partition coefficient (Wildman–Crippen LogP) is 1.65. The molecule has 120 valence electrons. The summed E-state index contributed by atoms with van der Waals surface area (Å²) in [5.74, 6) is 0. The van der Waals surface area contributed by atoms with Gasteiger partial charge in [-0.05, 0) is 29.2 Å². The molecule has 0 saturated heterocycles. The van der Waals surface area contributed by atoms with Crippen LogP contribution >= 0.6 is 0 Å². The maximum absolute atomic E-state index is 11.7. The minimum Gasteiger partial charge on any atom is -0.744 e. The van der Waals surface area contributed by atoms with Crippen molar-refractivity contribution in [1.82, 2.24) is 0 Å². The van der Waals surface area contributed by atoms with Crippen LogP contribution in [0.3, 0.4) is 0 Å². The molecule has 0 heterocycles. The normalized spacial score (nSPS) is 11.4. The van der Waals surface area contributed by atoms with Crippen molar-refractivity contribution in [2.24, 2.45) is 0 Å². The Kier molecular flexibility index (Phi) is 8.80. The van der Waals surface area contributed by atoms with Crippen molar-refractivity contribution in [3.8, 4) is 0 Å². The van der Waals surface area contributed by atoms with E-state index in [0.717, 1.165) is 18.2 Å². The van der Waals surface area contributed by atoms with Gasteiger partial charge in [0.15, 0.2) is 0 Å². The summed E-state index contributed by atoms with van der Waals surface area (Å²) in [5, 5.41) is 1.34. The van der Waals surface area contributed by atoms with E-state index < -0.39 is 10.1 Å². The Balaban J connectivity index is 0.00000264. The summed E-state index contributed by atoms with van der Waals surface area (Å²) in [4.78, 5) is -0.0286. The van der Waals surface area contributed by atoms with E-state index in [1.165, 1.54) is 25.7 Å². The van der Waals surface area contributed by atoms with Crippen molar-refractivity contribution in [1.29, 1.82) is 0 Å². The van der Waals surface area contributed by atoms with E-state index in [4.69, 9.17) is 0 Å². The average Bonchev–Trinajstić information content (AvgIpc) is 2.49. The summed E-state index contributed by atoms with van der Waals surface area (Å²) in [6.45, 7) is 2.18. The van der Waals surface area contributed by atoms with Gasteiger partial charge in [0, 0.05) is 0 Å². The third-order valence-electron chi connectivity index (χ3n) is 4.01. The molecule has 0 amide bonds. The molecule has 0 aliphatic heterocycles. The summed E-state index contributed by atoms with van der Waals surface area (Å²) in [6, 6.07) is 10.8. The summed E-state index contributed by atoms with van der Waals surface area (Å²) in [7, 11) is -4.46. The molecular formula is C18H23NaO3S. The quantitative estimate of drug-likeness (QED) is 0.416. The molecule has 0 aliphatic rings. The van der Waals surface area contributed by atoms with E-state index >= 15 is 0 Å². The van der Waals surface area contributed by atoms with Crippen LogP contribution in [0.1, 0.15) is 51.0 Å². The van der Waals surface area contributed by atoms with Crippen molar-refractivity contribution >= 4 is 20.9 Å². The first-order chi connectivity index (χ1) is 10.5. The smallest absolute Gasteiger partial charge is 0.744 e. The fourth-order valence-electron chi connectivity index (χ4n) is 2.88. The van der Waals surface area contributed by atoms with Crippen LogP contribution in [0, 0.1) is 0 Å². The molecule has 0 bridgehead atoms. The van der Waals surface area contributed by atoms with Crippen molar-refractivity contribution in [2.45, 2.75) is 56.8 Å². The zero-order chi connectivity index (χ0) is 16.0. The van der Waals surface area contributed by atoms with Crippen LogP contribution < -0.4 is 29.6 Å². The summed E-state index contributed by atoms with van der Waals surface area (Å²) in [5.41, 5.74) is 0.657. The molecule has 0 atom stereocenters. The third kappa shape index (κ3) is 5.87. The van der Waals surface area contributed by atoms with E-state index in [2.05, 4.69) is 6.92 Å². The van der Waals surface area contributed by atoms with Gasteiger partial charge in [-0.3, -0.25) is 0 Å². The second kappa shape index (κ2) is 9.80. The fourth-order valence-corrected chi connectivity index (χ4v) is 3.82. The Morgan fingerprint density at radius 3 is 2.26 bits per heavy atom. The summed E-state index contributed by atoms with van der Waals surface area (Å²) >= 11 is 0. The minimum atomic E-state index is -4.46. The molecular weight excluding hydrogens is 319 g/mol. The molecule has 2 rings (SSSR count). The number of unbranched alkanes of at least 4 members (excludes halogenated alkanes) is 5. The van der Waals surface area contributed by atoms with Gasteiger partial charge >= 0.3 is 29.6 Å². The van der Waals surface area contributed by atoms with E-state index in [-0.39, 0.29) is 34.5 Å². The molecule has 0 fully saturated rings. The van der Waals surface area contributed by atoms with Gasteiger partial charge in [0.2, 0.25) is 0 Å². The number of rotatable bonds is 8.